The van der Waals surface area contributed by atoms with E-state index in [9.17, 15) is 29.7 Å². The van der Waals surface area contributed by atoms with Gasteiger partial charge in [0.2, 0.25) is 0 Å². The van der Waals surface area contributed by atoms with Gasteiger partial charge in [-0.2, -0.15) is 10.5 Å². The summed E-state index contributed by atoms with van der Waals surface area (Å²) in [6.07, 6.45) is 6.41. The first-order valence-electron chi connectivity index (χ1n) is 14.1. The molecule has 0 radical (unpaired) electrons. The molecule has 2 heterocycles. The number of allylic oxidation sites excluding steroid dienone is 1. The summed E-state index contributed by atoms with van der Waals surface area (Å²) in [6.45, 7) is 7.90. The average molecular weight is 660 g/mol. The van der Waals surface area contributed by atoms with Gasteiger partial charge in [-0.15, -0.1) is 0 Å². The summed E-state index contributed by atoms with van der Waals surface area (Å²) in [6, 6.07) is 3.75. The van der Waals surface area contributed by atoms with Crippen LogP contribution in [0.15, 0.2) is 39.2 Å². The topological polar surface area (TPSA) is 160 Å². The van der Waals surface area contributed by atoms with Gasteiger partial charge in [-0.1, -0.05) is 100 Å². The predicted octanol–water partition coefficient (Wildman–Crippen LogP) is 7.48. The molecule has 13 heteroatoms. The number of hydrogen-bond acceptors (Lipinski definition) is 12. The summed E-state index contributed by atoms with van der Waals surface area (Å²) in [7, 11) is 0. The fourth-order valence-electron chi connectivity index (χ4n) is 4.37. The molecule has 0 saturated carbocycles. The van der Waals surface area contributed by atoms with Crippen LogP contribution in [0.4, 0.5) is 0 Å². The van der Waals surface area contributed by atoms with Crippen molar-refractivity contribution in [2.45, 2.75) is 98.6 Å². The molecule has 2 aliphatic rings. The quantitative estimate of drug-likeness (QED) is 0.0690. The maximum atomic E-state index is 13.4. The molecule has 0 aromatic heterocycles. The van der Waals surface area contributed by atoms with E-state index in [0.29, 0.717) is 55.8 Å². The number of fused-ring (bicyclic) bond motifs is 2. The van der Waals surface area contributed by atoms with Gasteiger partial charge in [0.15, 0.2) is 17.8 Å². The third-order valence-corrected chi connectivity index (χ3v) is 12.1. The minimum Gasteiger partial charge on any atom is -0.424 e. The van der Waals surface area contributed by atoms with Gasteiger partial charge in [-0.05, 0) is 25.7 Å². The molecule has 3 rings (SSSR count). The van der Waals surface area contributed by atoms with Crippen LogP contribution in [0.5, 0.6) is 11.5 Å². The second-order valence-corrected chi connectivity index (χ2v) is 14.4. The van der Waals surface area contributed by atoms with Crippen LogP contribution in [0.3, 0.4) is 0 Å². The summed E-state index contributed by atoms with van der Waals surface area (Å²) < 4.78 is 12.8. The summed E-state index contributed by atoms with van der Waals surface area (Å²) in [5, 5.41) is 19.3. The Morgan fingerprint density at radius 3 is 1.49 bits per heavy atom. The number of ether oxygens (including phenoxy) is 2. The van der Waals surface area contributed by atoms with Crippen LogP contribution in [0.1, 0.15) is 79.1 Å². The van der Waals surface area contributed by atoms with Gasteiger partial charge in [0.1, 0.15) is 23.3 Å². The van der Waals surface area contributed by atoms with Gasteiger partial charge in [0, 0.05) is 0 Å². The Morgan fingerprint density at radius 2 is 1.19 bits per heavy atom. The normalized spacial score (nSPS) is 14.6. The monoisotopic (exact) mass is 659 g/mol. The number of unbranched alkanes of at least 4 members (excludes halogenated alkanes) is 2. The first-order valence-corrected chi connectivity index (χ1v) is 17.4. The zero-order valence-corrected chi connectivity index (χ0v) is 27.7. The van der Waals surface area contributed by atoms with E-state index in [2.05, 4.69) is 0 Å². The summed E-state index contributed by atoms with van der Waals surface area (Å²) in [4.78, 5) is 52.3. The first-order chi connectivity index (χ1) is 20.7. The van der Waals surface area contributed by atoms with Crippen molar-refractivity contribution in [3.8, 4) is 23.6 Å². The number of thioether (sulfide) groups is 4. The van der Waals surface area contributed by atoms with Crippen molar-refractivity contribution in [1.29, 1.82) is 10.5 Å². The van der Waals surface area contributed by atoms with Crippen molar-refractivity contribution >= 4 is 71.2 Å². The lowest BCUT2D eigenvalue weighted by molar-refractivity contribution is -0.141. The molecule has 0 fully saturated rings. The van der Waals surface area contributed by atoms with Gasteiger partial charge in [0.25, 0.3) is 5.91 Å². The van der Waals surface area contributed by atoms with E-state index in [1.807, 2.05) is 39.8 Å². The SMILES string of the molecule is CCCCC(CC)C(=O)Oc1c2c(c(OC(=O)C(CC)CCCC)c3c1SC(=C(C#N)C(N)=O)S3)SC(=C(C#N)C=O)S2. The molecular weight excluding hydrogens is 627 g/mol. The molecule has 0 spiro atoms. The van der Waals surface area contributed by atoms with Gasteiger partial charge >= 0.3 is 11.9 Å². The molecule has 0 aliphatic carbocycles. The molecule has 2 aliphatic heterocycles. The van der Waals surface area contributed by atoms with Crippen LogP contribution in [0.2, 0.25) is 0 Å². The smallest absolute Gasteiger partial charge is 0.314 e. The lowest BCUT2D eigenvalue weighted by Crippen LogP contribution is -2.22. The second kappa shape index (κ2) is 16.3. The van der Waals surface area contributed by atoms with E-state index < -0.39 is 17.8 Å². The van der Waals surface area contributed by atoms with Crippen LogP contribution < -0.4 is 15.2 Å². The fraction of sp³-hybridized carbons (Fsp3) is 0.467. The van der Waals surface area contributed by atoms with Crippen LogP contribution in [0.25, 0.3) is 0 Å². The standard InChI is InChI=1S/C30H33N3O6S4/c1-5-9-11-16(7-3)27(36)38-20-22-23(41-29(40-22)18(13-31)15-34)21(39-28(37)17(8-4)12-10-6-2)25-24(20)42-30(43-25)19(14-32)26(33)35/h15-17H,5-12H2,1-4H3,(H2,33,35). The van der Waals surface area contributed by atoms with E-state index in [1.54, 1.807) is 0 Å². The number of primary amides is 1. The predicted molar refractivity (Wildman–Crippen MR) is 168 cm³/mol. The Labute approximate surface area is 268 Å². The van der Waals surface area contributed by atoms with Crippen molar-refractivity contribution in [3.05, 3.63) is 19.6 Å². The molecule has 228 valence electrons. The minimum absolute atomic E-state index is 0.106. The molecule has 1 amide bonds. The molecule has 2 N–H and O–H groups in total. The Balaban J connectivity index is 2.27. The van der Waals surface area contributed by atoms with Crippen LogP contribution in [-0.4, -0.2) is 24.1 Å². The maximum Gasteiger partial charge on any atom is 0.314 e. The zero-order chi connectivity index (χ0) is 31.7. The molecular formula is C30H33N3O6S4. The number of carbonyl (C=O) groups is 4. The number of hydrogen-bond donors (Lipinski definition) is 1. The number of amides is 1. The van der Waals surface area contributed by atoms with E-state index >= 15 is 0 Å². The number of nitrogens with zero attached hydrogens (tertiary/aromatic N) is 2. The number of aldehydes is 1. The molecule has 43 heavy (non-hydrogen) atoms. The first kappa shape index (κ1) is 34.6. The van der Waals surface area contributed by atoms with Crippen molar-refractivity contribution in [1.82, 2.24) is 0 Å². The van der Waals surface area contributed by atoms with E-state index in [4.69, 9.17) is 15.2 Å². The highest BCUT2D eigenvalue weighted by Crippen LogP contribution is 2.68. The molecule has 1 aromatic rings. The number of carbonyl (C=O) groups excluding carboxylic acids is 4. The van der Waals surface area contributed by atoms with Crippen molar-refractivity contribution in [2.75, 3.05) is 0 Å². The minimum atomic E-state index is -0.912. The second-order valence-electron chi connectivity index (χ2n) is 9.79. The van der Waals surface area contributed by atoms with Crippen molar-refractivity contribution < 1.29 is 28.7 Å². The van der Waals surface area contributed by atoms with E-state index in [0.717, 1.165) is 72.7 Å². The highest BCUT2D eigenvalue weighted by molar-refractivity contribution is 8.26. The number of rotatable bonds is 14. The van der Waals surface area contributed by atoms with Crippen LogP contribution in [0, 0.1) is 34.5 Å². The van der Waals surface area contributed by atoms with Gasteiger partial charge in [-0.3, -0.25) is 19.2 Å². The van der Waals surface area contributed by atoms with Crippen molar-refractivity contribution in [3.63, 3.8) is 0 Å². The fourth-order valence-corrected chi connectivity index (χ4v) is 9.66. The average Bonchev–Trinajstić information content (AvgIpc) is 3.62. The zero-order valence-electron chi connectivity index (χ0n) is 24.4. The van der Waals surface area contributed by atoms with Crippen LogP contribution >= 0.6 is 47.0 Å². The molecule has 0 bridgehead atoms. The molecule has 9 nitrogen and oxygen atoms in total. The molecule has 0 saturated heterocycles. The van der Waals surface area contributed by atoms with Gasteiger partial charge in [-0.25, -0.2) is 0 Å². The van der Waals surface area contributed by atoms with Gasteiger partial charge < -0.3 is 15.2 Å². The lowest BCUT2D eigenvalue weighted by Gasteiger charge is -2.20. The molecule has 2 atom stereocenters. The molecule has 2 unspecified atom stereocenters. The lowest BCUT2D eigenvalue weighted by atomic mass is 10.00. The summed E-state index contributed by atoms with van der Waals surface area (Å²) >= 11 is 4.24. The van der Waals surface area contributed by atoms with Crippen LogP contribution in [-0.2, 0) is 19.2 Å². The third kappa shape index (κ3) is 7.82. The third-order valence-electron chi connectivity index (χ3n) is 6.91. The Hall–Kier alpha value is -2.84. The number of esters is 2. The van der Waals surface area contributed by atoms with E-state index in [1.165, 1.54) is 0 Å². The number of benzene rings is 1. The summed E-state index contributed by atoms with van der Waals surface area (Å²) in [5.41, 5.74) is 5.12. The highest BCUT2D eigenvalue weighted by atomic mass is 32.2. The number of nitriles is 2. The number of nitrogens with two attached hydrogens (primary N) is 1. The summed E-state index contributed by atoms with van der Waals surface area (Å²) in [5.74, 6) is -2.16. The Morgan fingerprint density at radius 1 is 0.767 bits per heavy atom. The largest absolute Gasteiger partial charge is 0.424 e. The molecule has 1 aromatic carbocycles. The Bertz CT molecular complexity index is 1380. The van der Waals surface area contributed by atoms with Gasteiger partial charge in [0.05, 0.1) is 39.9 Å². The van der Waals surface area contributed by atoms with Crippen molar-refractivity contribution in [2.24, 2.45) is 17.6 Å². The Kier molecular flexibility index (Phi) is 13.1. The maximum absolute atomic E-state index is 13.4. The highest BCUT2D eigenvalue weighted by Gasteiger charge is 2.41. The van der Waals surface area contributed by atoms with E-state index in [-0.39, 0.29) is 38.7 Å².